The van der Waals surface area contributed by atoms with Gasteiger partial charge in [-0.25, -0.2) is 4.98 Å². The molecule has 0 atom stereocenters. The summed E-state index contributed by atoms with van der Waals surface area (Å²) >= 11 is 0. The lowest BCUT2D eigenvalue weighted by atomic mass is 9.98. The van der Waals surface area contributed by atoms with Crippen LogP contribution >= 0.6 is 0 Å². The van der Waals surface area contributed by atoms with Crippen molar-refractivity contribution in [2.45, 2.75) is 18.8 Å². The van der Waals surface area contributed by atoms with Gasteiger partial charge in [-0.15, -0.1) is 10.2 Å². The highest BCUT2D eigenvalue weighted by atomic mass is 16.3. The van der Waals surface area contributed by atoms with Gasteiger partial charge in [0.2, 0.25) is 0 Å². The highest BCUT2D eigenvalue weighted by molar-refractivity contribution is 6.02. The van der Waals surface area contributed by atoms with Gasteiger partial charge in [0.25, 0.3) is 5.91 Å². The van der Waals surface area contributed by atoms with Crippen LogP contribution in [0.1, 0.15) is 35.1 Å². The zero-order chi connectivity index (χ0) is 20.3. The first-order valence-corrected chi connectivity index (χ1v) is 9.92. The van der Waals surface area contributed by atoms with Gasteiger partial charge in [0.1, 0.15) is 6.26 Å². The van der Waals surface area contributed by atoms with E-state index in [0.29, 0.717) is 11.7 Å². The number of oxazole rings is 1. The van der Waals surface area contributed by atoms with E-state index in [0.717, 1.165) is 48.0 Å². The molecule has 0 unspecified atom stereocenters. The first-order chi connectivity index (χ1) is 14.8. The summed E-state index contributed by atoms with van der Waals surface area (Å²) in [5, 5.41) is 15.3. The van der Waals surface area contributed by atoms with Gasteiger partial charge in [-0.05, 0) is 55.8 Å². The molecular formula is C22H20N6O2. The Kier molecular flexibility index (Phi) is 4.90. The zero-order valence-electron chi connectivity index (χ0n) is 16.2. The highest BCUT2D eigenvalue weighted by Gasteiger charge is 2.22. The second kappa shape index (κ2) is 8.00. The topological polar surface area (TPSA) is 106 Å². The second-order valence-electron chi connectivity index (χ2n) is 7.29. The standard InChI is InChI=1S/C22H20N6O2/c29-21(19-13-30-22(25-19)14-5-8-23-9-6-14)26-20-11-17-10-15(3-4-18(17)27-28-20)16-2-1-7-24-12-16/h1-4,7,10-14,23H,5-6,8-9H2,(H,26,28,29). The zero-order valence-corrected chi connectivity index (χ0v) is 16.2. The molecule has 1 saturated heterocycles. The quantitative estimate of drug-likeness (QED) is 0.541. The highest BCUT2D eigenvalue weighted by Crippen LogP contribution is 2.25. The molecule has 4 heterocycles. The SMILES string of the molecule is O=C(Nc1cc2cc(-c3cccnc3)ccc2nn1)c1coc(C2CCNCC2)n1. The predicted octanol–water partition coefficient (Wildman–Crippen LogP) is 3.40. The summed E-state index contributed by atoms with van der Waals surface area (Å²) in [6.45, 7) is 1.87. The normalized spacial score (nSPS) is 14.7. The van der Waals surface area contributed by atoms with Crippen LogP contribution in [0.15, 0.2) is 59.5 Å². The number of piperidine rings is 1. The monoisotopic (exact) mass is 400 g/mol. The van der Waals surface area contributed by atoms with Crippen molar-refractivity contribution in [2.75, 3.05) is 18.4 Å². The van der Waals surface area contributed by atoms with Crippen LogP contribution in [-0.2, 0) is 0 Å². The molecule has 1 amide bonds. The predicted molar refractivity (Wildman–Crippen MR) is 112 cm³/mol. The van der Waals surface area contributed by atoms with E-state index in [9.17, 15) is 4.79 Å². The summed E-state index contributed by atoms with van der Waals surface area (Å²) in [6, 6.07) is 11.6. The molecular weight excluding hydrogens is 380 g/mol. The number of nitrogens with zero attached hydrogens (tertiary/aromatic N) is 4. The van der Waals surface area contributed by atoms with Crippen LogP contribution in [0.25, 0.3) is 22.0 Å². The van der Waals surface area contributed by atoms with Gasteiger partial charge in [0.05, 0.1) is 5.52 Å². The minimum atomic E-state index is -0.365. The number of anilines is 1. The van der Waals surface area contributed by atoms with E-state index in [4.69, 9.17) is 4.42 Å². The number of fused-ring (bicyclic) bond motifs is 1. The summed E-state index contributed by atoms with van der Waals surface area (Å²) in [5.74, 6) is 0.866. The van der Waals surface area contributed by atoms with Gasteiger partial charge in [-0.2, -0.15) is 0 Å². The Hall–Kier alpha value is -3.65. The van der Waals surface area contributed by atoms with Crippen LogP contribution in [0, 0.1) is 0 Å². The Morgan fingerprint density at radius 2 is 2.00 bits per heavy atom. The third-order valence-electron chi connectivity index (χ3n) is 5.26. The van der Waals surface area contributed by atoms with E-state index in [1.165, 1.54) is 6.26 Å². The molecule has 8 heteroatoms. The van der Waals surface area contributed by atoms with E-state index in [2.05, 4.69) is 30.8 Å². The minimum Gasteiger partial charge on any atom is -0.448 e. The third-order valence-corrected chi connectivity index (χ3v) is 5.26. The van der Waals surface area contributed by atoms with Crippen molar-refractivity contribution in [3.63, 3.8) is 0 Å². The van der Waals surface area contributed by atoms with Crippen LogP contribution in [0.2, 0.25) is 0 Å². The number of carbonyl (C=O) groups is 1. The summed E-state index contributed by atoms with van der Waals surface area (Å²) < 4.78 is 5.56. The van der Waals surface area contributed by atoms with E-state index in [1.54, 1.807) is 12.3 Å². The number of pyridine rings is 1. The third kappa shape index (κ3) is 3.77. The molecule has 0 saturated carbocycles. The fraction of sp³-hybridized carbons (Fsp3) is 0.227. The Labute approximate surface area is 172 Å². The maximum Gasteiger partial charge on any atom is 0.278 e. The maximum atomic E-state index is 12.6. The molecule has 1 aliphatic rings. The fourth-order valence-corrected chi connectivity index (χ4v) is 3.65. The fourth-order valence-electron chi connectivity index (χ4n) is 3.65. The van der Waals surface area contributed by atoms with Crippen LogP contribution in [0.4, 0.5) is 5.82 Å². The molecule has 1 fully saturated rings. The van der Waals surface area contributed by atoms with Gasteiger partial charge in [-0.1, -0.05) is 12.1 Å². The van der Waals surface area contributed by atoms with Crippen molar-refractivity contribution in [3.8, 4) is 11.1 Å². The van der Waals surface area contributed by atoms with Gasteiger partial charge >= 0.3 is 0 Å². The molecule has 4 aromatic rings. The van der Waals surface area contributed by atoms with Crippen LogP contribution in [0.3, 0.4) is 0 Å². The van der Waals surface area contributed by atoms with Gasteiger partial charge in [0.15, 0.2) is 17.4 Å². The smallest absolute Gasteiger partial charge is 0.278 e. The average Bonchev–Trinajstić information content (AvgIpc) is 3.30. The van der Waals surface area contributed by atoms with Crippen molar-refractivity contribution in [1.29, 1.82) is 0 Å². The Bertz CT molecular complexity index is 1180. The van der Waals surface area contributed by atoms with Crippen molar-refractivity contribution in [1.82, 2.24) is 25.5 Å². The first kappa shape index (κ1) is 18.4. The molecule has 150 valence electrons. The molecule has 0 bridgehead atoms. The minimum absolute atomic E-state index is 0.245. The molecule has 5 rings (SSSR count). The molecule has 2 N–H and O–H groups in total. The average molecular weight is 400 g/mol. The van der Waals surface area contributed by atoms with Crippen LogP contribution in [0.5, 0.6) is 0 Å². The van der Waals surface area contributed by atoms with E-state index in [1.807, 2.05) is 36.5 Å². The molecule has 30 heavy (non-hydrogen) atoms. The van der Waals surface area contributed by atoms with Crippen LogP contribution < -0.4 is 10.6 Å². The first-order valence-electron chi connectivity index (χ1n) is 9.92. The summed E-state index contributed by atoms with van der Waals surface area (Å²) in [4.78, 5) is 21.2. The van der Waals surface area contributed by atoms with Crippen molar-refractivity contribution in [2.24, 2.45) is 0 Å². The molecule has 0 radical (unpaired) electrons. The number of carbonyl (C=O) groups excluding carboxylic acids is 1. The largest absolute Gasteiger partial charge is 0.448 e. The number of amides is 1. The Balaban J connectivity index is 1.36. The summed E-state index contributed by atoms with van der Waals surface area (Å²) in [5.41, 5.74) is 3.02. The second-order valence-corrected chi connectivity index (χ2v) is 7.29. The lowest BCUT2D eigenvalue weighted by Gasteiger charge is -2.19. The van der Waals surface area contributed by atoms with E-state index < -0.39 is 0 Å². The number of rotatable bonds is 4. The van der Waals surface area contributed by atoms with Crippen LogP contribution in [-0.4, -0.2) is 39.2 Å². The number of benzene rings is 1. The number of hydrogen-bond donors (Lipinski definition) is 2. The molecule has 0 spiro atoms. The lowest BCUT2D eigenvalue weighted by molar-refractivity contribution is 0.102. The van der Waals surface area contributed by atoms with E-state index >= 15 is 0 Å². The van der Waals surface area contributed by atoms with Crippen molar-refractivity contribution >= 4 is 22.6 Å². The molecule has 0 aliphatic carbocycles. The molecule has 1 aliphatic heterocycles. The molecule has 8 nitrogen and oxygen atoms in total. The van der Waals surface area contributed by atoms with E-state index in [-0.39, 0.29) is 17.5 Å². The lowest BCUT2D eigenvalue weighted by Crippen LogP contribution is -2.26. The number of aromatic nitrogens is 4. The number of hydrogen-bond acceptors (Lipinski definition) is 7. The Morgan fingerprint density at radius 3 is 2.83 bits per heavy atom. The summed E-state index contributed by atoms with van der Waals surface area (Å²) in [7, 11) is 0. The Morgan fingerprint density at radius 1 is 1.10 bits per heavy atom. The summed E-state index contributed by atoms with van der Waals surface area (Å²) in [6.07, 6.45) is 6.86. The number of nitrogens with one attached hydrogen (secondary N) is 2. The van der Waals surface area contributed by atoms with Crippen molar-refractivity contribution < 1.29 is 9.21 Å². The van der Waals surface area contributed by atoms with Crippen molar-refractivity contribution in [3.05, 3.63) is 66.6 Å². The molecule has 3 aromatic heterocycles. The van der Waals surface area contributed by atoms with Gasteiger partial charge < -0.3 is 15.1 Å². The van der Waals surface area contributed by atoms with Gasteiger partial charge in [0, 0.05) is 29.3 Å². The molecule has 1 aromatic carbocycles. The maximum absolute atomic E-state index is 12.6. The van der Waals surface area contributed by atoms with Gasteiger partial charge in [-0.3, -0.25) is 9.78 Å².